The van der Waals surface area contributed by atoms with Crippen molar-refractivity contribution in [2.24, 2.45) is 0 Å². The fourth-order valence-corrected chi connectivity index (χ4v) is 8.94. The van der Waals surface area contributed by atoms with Gasteiger partial charge in [-0.05, 0) is 104 Å². The van der Waals surface area contributed by atoms with Crippen LogP contribution in [0.25, 0.3) is 71.7 Å². The fraction of sp³-hybridized carbons (Fsp3) is 0.0545. The van der Waals surface area contributed by atoms with E-state index in [0.717, 1.165) is 72.4 Å². The number of furan rings is 1. The maximum Gasteiger partial charge on any atom is 0.143 e. The van der Waals surface area contributed by atoms with E-state index >= 15 is 0 Å². The Morgan fingerprint density at radius 1 is 0.544 bits per heavy atom. The van der Waals surface area contributed by atoms with Gasteiger partial charge in [0, 0.05) is 38.7 Å². The smallest absolute Gasteiger partial charge is 0.143 e. The second kappa shape index (κ2) is 13.5. The summed E-state index contributed by atoms with van der Waals surface area (Å²) in [5.74, 6) is 0. The van der Waals surface area contributed by atoms with Gasteiger partial charge in [-0.15, -0.1) is 0 Å². The normalized spacial score (nSPS) is 13.1. The Kier molecular flexibility index (Phi) is 8.16. The van der Waals surface area contributed by atoms with Gasteiger partial charge in [0.2, 0.25) is 0 Å². The summed E-state index contributed by atoms with van der Waals surface area (Å²) in [4.78, 5) is 2.41. The highest BCUT2D eigenvalue weighted by Gasteiger charge is 2.36. The minimum Gasteiger partial charge on any atom is -0.455 e. The zero-order valence-corrected chi connectivity index (χ0v) is 32.2. The first-order valence-electron chi connectivity index (χ1n) is 19.6. The van der Waals surface area contributed by atoms with Crippen LogP contribution in [0.4, 0.5) is 17.1 Å². The Balaban J connectivity index is 1.15. The first kappa shape index (κ1) is 34.3. The molecule has 0 saturated heterocycles. The van der Waals surface area contributed by atoms with E-state index in [4.69, 9.17) is 4.42 Å². The molecule has 1 aliphatic rings. The molecule has 1 aromatic heterocycles. The predicted molar refractivity (Wildman–Crippen MR) is 243 cm³/mol. The number of hydrogen-bond acceptors (Lipinski definition) is 2. The van der Waals surface area contributed by atoms with E-state index in [-0.39, 0.29) is 5.41 Å². The van der Waals surface area contributed by atoms with Gasteiger partial charge in [0.05, 0.1) is 5.69 Å². The summed E-state index contributed by atoms with van der Waals surface area (Å²) in [5.41, 5.74) is 16.8. The lowest BCUT2D eigenvalue weighted by atomic mass is 9.82. The lowest BCUT2D eigenvalue weighted by Gasteiger charge is -2.30. The molecule has 0 N–H and O–H groups in total. The van der Waals surface area contributed by atoms with Crippen LogP contribution in [0.1, 0.15) is 30.5 Å². The maximum absolute atomic E-state index is 6.80. The molecule has 272 valence electrons. The average molecular weight is 732 g/mol. The molecule has 9 aromatic rings. The lowest BCUT2D eigenvalue weighted by molar-refractivity contribution is 0.660. The number of para-hydroxylation sites is 2. The maximum atomic E-state index is 6.80. The highest BCUT2D eigenvalue weighted by molar-refractivity contribution is 6.14. The van der Waals surface area contributed by atoms with Crippen molar-refractivity contribution >= 4 is 55.3 Å². The third kappa shape index (κ3) is 5.64. The summed E-state index contributed by atoms with van der Waals surface area (Å²) in [7, 11) is 0. The number of anilines is 3. The van der Waals surface area contributed by atoms with E-state index in [2.05, 4.69) is 202 Å². The second-order valence-corrected chi connectivity index (χ2v) is 15.4. The second-order valence-electron chi connectivity index (χ2n) is 15.4. The average Bonchev–Trinajstić information content (AvgIpc) is 3.73. The molecule has 57 heavy (non-hydrogen) atoms. The van der Waals surface area contributed by atoms with Crippen LogP contribution in [0.3, 0.4) is 0 Å². The molecule has 0 unspecified atom stereocenters. The predicted octanol–water partition coefficient (Wildman–Crippen LogP) is 15.6. The van der Waals surface area contributed by atoms with Gasteiger partial charge in [-0.25, -0.2) is 0 Å². The van der Waals surface area contributed by atoms with Gasteiger partial charge >= 0.3 is 0 Å². The van der Waals surface area contributed by atoms with Crippen LogP contribution in [0.15, 0.2) is 206 Å². The van der Waals surface area contributed by atoms with E-state index in [1.807, 2.05) is 12.2 Å². The van der Waals surface area contributed by atoms with Crippen LogP contribution in [-0.4, -0.2) is 0 Å². The van der Waals surface area contributed by atoms with Gasteiger partial charge in [0.1, 0.15) is 11.2 Å². The topological polar surface area (TPSA) is 16.4 Å². The molecule has 8 aromatic carbocycles. The number of allylic oxidation sites excluding steroid dienone is 4. The SMILES string of the molecule is C=C/C=C(\C=C)c1cccc(-c2ccc(N(c3ccc4c(c3)C(C)(C)c3ccccc3-4)c3ccccc3-c3cccc4c3oc3cc5ccccc5cc34)cc2)c1. The molecular weight excluding hydrogens is 691 g/mol. The van der Waals surface area contributed by atoms with Gasteiger partial charge in [-0.2, -0.15) is 0 Å². The number of nitrogens with zero attached hydrogens (tertiary/aromatic N) is 1. The quantitative estimate of drug-likeness (QED) is 0.145. The summed E-state index contributed by atoms with van der Waals surface area (Å²) >= 11 is 0. The van der Waals surface area contributed by atoms with Crippen LogP contribution >= 0.6 is 0 Å². The summed E-state index contributed by atoms with van der Waals surface area (Å²) in [5, 5.41) is 4.61. The van der Waals surface area contributed by atoms with Crippen molar-refractivity contribution in [2.45, 2.75) is 19.3 Å². The van der Waals surface area contributed by atoms with Crippen LogP contribution < -0.4 is 4.90 Å². The molecule has 0 fully saturated rings. The summed E-state index contributed by atoms with van der Waals surface area (Å²) in [6.45, 7) is 12.6. The highest BCUT2D eigenvalue weighted by atomic mass is 16.3. The van der Waals surface area contributed by atoms with E-state index in [1.54, 1.807) is 6.08 Å². The van der Waals surface area contributed by atoms with Crippen LogP contribution in [0.2, 0.25) is 0 Å². The highest BCUT2D eigenvalue weighted by Crippen LogP contribution is 2.52. The third-order valence-electron chi connectivity index (χ3n) is 11.8. The molecule has 1 heterocycles. The molecule has 2 nitrogen and oxygen atoms in total. The number of rotatable bonds is 8. The minimum atomic E-state index is -0.143. The third-order valence-corrected chi connectivity index (χ3v) is 11.8. The van der Waals surface area contributed by atoms with E-state index < -0.39 is 0 Å². The van der Waals surface area contributed by atoms with Crippen LogP contribution in [0.5, 0.6) is 0 Å². The standard InChI is InChI=1S/C55H41NO/c1-5-15-36(6-2)38-18-13-19-39(32-38)37-26-28-42(29-27-37)56(43-30-31-45-44-20-9-11-24-50(44)55(3,4)51(45)35-43)52-25-12-10-21-46(52)47-22-14-23-48-49-33-40-16-7-8-17-41(40)34-53(49)57-54(47)48/h5-35H,1-2H2,3-4H3/b36-15+. The van der Waals surface area contributed by atoms with Crippen molar-refractivity contribution in [1.82, 2.24) is 0 Å². The molecule has 0 amide bonds. The zero-order chi connectivity index (χ0) is 38.7. The van der Waals surface area contributed by atoms with Crippen molar-refractivity contribution < 1.29 is 4.42 Å². The van der Waals surface area contributed by atoms with Crippen molar-refractivity contribution in [1.29, 1.82) is 0 Å². The Hall–Kier alpha value is -7.16. The summed E-state index contributed by atoms with van der Waals surface area (Å²) < 4.78 is 6.80. The first-order valence-corrected chi connectivity index (χ1v) is 19.6. The molecule has 0 atom stereocenters. The Morgan fingerprint density at radius 3 is 2.04 bits per heavy atom. The van der Waals surface area contributed by atoms with Crippen LogP contribution in [-0.2, 0) is 5.41 Å². The first-order chi connectivity index (χ1) is 27.9. The van der Waals surface area contributed by atoms with Crippen molar-refractivity contribution in [3.8, 4) is 33.4 Å². The Bertz CT molecular complexity index is 3080. The van der Waals surface area contributed by atoms with Crippen molar-refractivity contribution in [3.05, 3.63) is 218 Å². The Morgan fingerprint density at radius 2 is 1.23 bits per heavy atom. The van der Waals surface area contributed by atoms with Crippen molar-refractivity contribution in [2.75, 3.05) is 4.90 Å². The lowest BCUT2D eigenvalue weighted by Crippen LogP contribution is -2.16. The molecule has 2 heteroatoms. The summed E-state index contributed by atoms with van der Waals surface area (Å²) in [6, 6.07) is 61.5. The molecule has 0 spiro atoms. The Labute approximate surface area is 334 Å². The molecular formula is C55H41NO. The van der Waals surface area contributed by atoms with E-state index in [0.29, 0.717) is 0 Å². The molecule has 0 saturated carbocycles. The van der Waals surface area contributed by atoms with Gasteiger partial charge in [0.25, 0.3) is 0 Å². The largest absolute Gasteiger partial charge is 0.455 e. The van der Waals surface area contributed by atoms with Crippen LogP contribution in [0, 0.1) is 0 Å². The molecule has 0 aliphatic heterocycles. The minimum absolute atomic E-state index is 0.143. The fourth-order valence-electron chi connectivity index (χ4n) is 8.94. The van der Waals surface area contributed by atoms with Gasteiger partial charge < -0.3 is 9.32 Å². The molecule has 0 bridgehead atoms. The van der Waals surface area contributed by atoms with Gasteiger partial charge in [-0.1, -0.05) is 167 Å². The molecule has 1 aliphatic carbocycles. The monoisotopic (exact) mass is 731 g/mol. The van der Waals surface area contributed by atoms with E-state index in [1.165, 1.54) is 33.0 Å². The van der Waals surface area contributed by atoms with E-state index in [9.17, 15) is 0 Å². The number of hydrogen-bond donors (Lipinski definition) is 0. The zero-order valence-electron chi connectivity index (χ0n) is 32.2. The number of benzene rings is 8. The van der Waals surface area contributed by atoms with Gasteiger partial charge in [0.15, 0.2) is 0 Å². The molecule has 0 radical (unpaired) electrons. The van der Waals surface area contributed by atoms with Gasteiger partial charge in [-0.3, -0.25) is 0 Å². The summed E-state index contributed by atoms with van der Waals surface area (Å²) in [6.07, 6.45) is 5.68. The van der Waals surface area contributed by atoms with Crippen molar-refractivity contribution in [3.63, 3.8) is 0 Å². The number of fused-ring (bicyclic) bond motifs is 7. The molecule has 10 rings (SSSR count).